The fraction of sp³-hybridized carbons (Fsp3) is 0.222. The van der Waals surface area contributed by atoms with Crippen LogP contribution in [0.4, 0.5) is 5.69 Å². The molecule has 0 saturated carbocycles. The van der Waals surface area contributed by atoms with E-state index < -0.39 is 18.5 Å². The number of nitrogens with one attached hydrogen (secondary N) is 1. The molecule has 0 fully saturated rings. The summed E-state index contributed by atoms with van der Waals surface area (Å²) in [5.41, 5.74) is 0.320. The van der Waals surface area contributed by atoms with Crippen molar-refractivity contribution in [3.8, 4) is 23.0 Å². The summed E-state index contributed by atoms with van der Waals surface area (Å²) in [6.45, 7) is -0.540. The number of hydrogen-bond donors (Lipinski definition) is 2. The number of amides is 1. The highest BCUT2D eigenvalue weighted by atomic mass is 79.9. The molecule has 0 aromatic heterocycles. The van der Waals surface area contributed by atoms with Gasteiger partial charge in [-0.15, -0.1) is 0 Å². The zero-order valence-electron chi connectivity index (χ0n) is 14.9. The molecule has 0 bridgehead atoms. The van der Waals surface area contributed by atoms with Gasteiger partial charge in [-0.05, 0) is 18.2 Å². The number of carbonyl (C=O) groups excluding carboxylic acids is 2. The van der Waals surface area contributed by atoms with Gasteiger partial charge in [0.05, 0.1) is 21.3 Å². The van der Waals surface area contributed by atoms with Crippen LogP contribution in [0.2, 0.25) is 0 Å². The zero-order chi connectivity index (χ0) is 20.0. The Kier molecular flexibility index (Phi) is 6.89. The minimum Gasteiger partial charge on any atom is -0.507 e. The van der Waals surface area contributed by atoms with Crippen molar-refractivity contribution in [3.05, 3.63) is 40.4 Å². The molecule has 0 spiro atoms. The molecule has 27 heavy (non-hydrogen) atoms. The molecule has 1 amide bonds. The van der Waals surface area contributed by atoms with Crippen LogP contribution < -0.4 is 19.5 Å². The van der Waals surface area contributed by atoms with Gasteiger partial charge in [0.2, 0.25) is 5.75 Å². The first-order chi connectivity index (χ1) is 12.9. The van der Waals surface area contributed by atoms with Crippen molar-refractivity contribution in [2.75, 3.05) is 33.3 Å². The maximum absolute atomic E-state index is 12.1. The summed E-state index contributed by atoms with van der Waals surface area (Å²) in [6.07, 6.45) is 0. The van der Waals surface area contributed by atoms with Gasteiger partial charge < -0.3 is 29.4 Å². The van der Waals surface area contributed by atoms with E-state index in [1.54, 1.807) is 18.2 Å². The van der Waals surface area contributed by atoms with E-state index in [9.17, 15) is 14.7 Å². The van der Waals surface area contributed by atoms with E-state index in [4.69, 9.17) is 18.9 Å². The number of carbonyl (C=O) groups is 2. The number of aromatic hydroxyl groups is 1. The number of esters is 1. The molecule has 9 heteroatoms. The predicted molar refractivity (Wildman–Crippen MR) is 101 cm³/mol. The number of hydrogen-bond acceptors (Lipinski definition) is 7. The monoisotopic (exact) mass is 439 g/mol. The quantitative estimate of drug-likeness (QED) is 0.638. The van der Waals surface area contributed by atoms with Crippen molar-refractivity contribution in [2.45, 2.75) is 0 Å². The van der Waals surface area contributed by atoms with E-state index in [0.29, 0.717) is 27.4 Å². The van der Waals surface area contributed by atoms with Crippen LogP contribution in [0, 0.1) is 0 Å². The number of rotatable bonds is 7. The van der Waals surface area contributed by atoms with E-state index >= 15 is 0 Å². The number of phenols is 1. The average Bonchev–Trinajstić information content (AvgIpc) is 2.67. The third-order valence-corrected chi connectivity index (χ3v) is 3.95. The standard InChI is InChI=1S/C18H18BrNO7/c1-24-14-7-11(8-15(25-2)17(14)26-3)20-16(22)9-27-18(23)12-6-10(19)4-5-13(12)21/h4-8,21H,9H2,1-3H3,(H,20,22). The third kappa shape index (κ3) is 5.04. The SMILES string of the molecule is COc1cc(NC(=O)COC(=O)c2cc(Br)ccc2O)cc(OC)c1OC. The molecule has 2 aromatic rings. The molecule has 0 aliphatic carbocycles. The average molecular weight is 440 g/mol. The smallest absolute Gasteiger partial charge is 0.342 e. The molecular weight excluding hydrogens is 422 g/mol. The van der Waals surface area contributed by atoms with Gasteiger partial charge >= 0.3 is 5.97 Å². The lowest BCUT2D eigenvalue weighted by atomic mass is 10.2. The Hall–Kier alpha value is -2.94. The Balaban J connectivity index is 2.05. The molecule has 0 radical (unpaired) electrons. The van der Waals surface area contributed by atoms with Crippen molar-refractivity contribution in [3.63, 3.8) is 0 Å². The van der Waals surface area contributed by atoms with Crippen LogP contribution in [0.5, 0.6) is 23.0 Å². The number of benzene rings is 2. The Morgan fingerprint density at radius 2 is 1.67 bits per heavy atom. The summed E-state index contributed by atoms with van der Waals surface area (Å²) in [7, 11) is 4.37. The number of anilines is 1. The molecule has 0 aliphatic heterocycles. The predicted octanol–water partition coefficient (Wildman–Crippen LogP) is 2.98. The summed E-state index contributed by atoms with van der Waals surface area (Å²) >= 11 is 3.20. The lowest BCUT2D eigenvalue weighted by molar-refractivity contribution is -0.119. The number of phenolic OH excluding ortho intramolecular Hbond substituents is 1. The van der Waals surface area contributed by atoms with E-state index in [1.807, 2.05) is 0 Å². The first kappa shape index (κ1) is 20.4. The second-order valence-corrected chi connectivity index (χ2v) is 6.12. The minimum absolute atomic E-state index is 0.0510. The lowest BCUT2D eigenvalue weighted by Gasteiger charge is -2.14. The molecule has 2 rings (SSSR count). The molecule has 0 unspecified atom stereocenters. The first-order valence-corrected chi connectivity index (χ1v) is 8.44. The molecule has 0 saturated heterocycles. The van der Waals surface area contributed by atoms with Crippen molar-refractivity contribution < 1.29 is 33.6 Å². The van der Waals surface area contributed by atoms with E-state index in [1.165, 1.54) is 33.5 Å². The first-order valence-electron chi connectivity index (χ1n) is 7.65. The van der Waals surface area contributed by atoms with E-state index in [0.717, 1.165) is 0 Å². The van der Waals surface area contributed by atoms with Gasteiger partial charge in [-0.25, -0.2) is 4.79 Å². The molecule has 0 aliphatic rings. The van der Waals surface area contributed by atoms with Crippen molar-refractivity contribution in [1.29, 1.82) is 0 Å². The molecule has 0 atom stereocenters. The second kappa shape index (κ2) is 9.13. The van der Waals surface area contributed by atoms with Gasteiger partial charge in [-0.3, -0.25) is 4.79 Å². The van der Waals surface area contributed by atoms with Crippen molar-refractivity contribution in [1.82, 2.24) is 0 Å². The molecular formula is C18H18BrNO7. The molecule has 8 nitrogen and oxygen atoms in total. The maximum atomic E-state index is 12.1. The summed E-state index contributed by atoms with van der Waals surface area (Å²) in [6, 6.07) is 7.40. The van der Waals surface area contributed by atoms with Gasteiger partial charge in [-0.2, -0.15) is 0 Å². The lowest BCUT2D eigenvalue weighted by Crippen LogP contribution is -2.21. The Bertz CT molecular complexity index is 829. The van der Waals surface area contributed by atoms with Crippen molar-refractivity contribution in [2.24, 2.45) is 0 Å². The van der Waals surface area contributed by atoms with E-state index in [-0.39, 0.29) is 11.3 Å². The second-order valence-electron chi connectivity index (χ2n) is 5.20. The molecule has 144 valence electrons. The number of ether oxygens (including phenoxy) is 4. The van der Waals surface area contributed by atoms with Gasteiger partial charge in [0.25, 0.3) is 5.91 Å². The summed E-state index contributed by atoms with van der Waals surface area (Å²) in [5, 5.41) is 12.3. The van der Waals surface area contributed by atoms with Crippen LogP contribution in [-0.4, -0.2) is 44.9 Å². The zero-order valence-corrected chi connectivity index (χ0v) is 16.5. The largest absolute Gasteiger partial charge is 0.507 e. The summed E-state index contributed by atoms with van der Waals surface area (Å²) in [5.74, 6) is -0.532. The normalized spacial score (nSPS) is 10.1. The van der Waals surface area contributed by atoms with Crippen LogP contribution >= 0.6 is 15.9 Å². The van der Waals surface area contributed by atoms with Gasteiger partial charge in [0.1, 0.15) is 11.3 Å². The minimum atomic E-state index is -0.825. The molecule has 0 heterocycles. The topological polar surface area (TPSA) is 103 Å². The van der Waals surface area contributed by atoms with Crippen LogP contribution in [0.1, 0.15) is 10.4 Å². The number of methoxy groups -OCH3 is 3. The highest BCUT2D eigenvalue weighted by Gasteiger charge is 2.17. The fourth-order valence-electron chi connectivity index (χ4n) is 2.23. The molecule has 2 N–H and O–H groups in total. The van der Waals surface area contributed by atoms with Crippen LogP contribution in [-0.2, 0) is 9.53 Å². The van der Waals surface area contributed by atoms with Crippen LogP contribution in [0.25, 0.3) is 0 Å². The Labute approximate surface area is 164 Å². The Morgan fingerprint density at radius 1 is 1.04 bits per heavy atom. The third-order valence-electron chi connectivity index (χ3n) is 3.46. The highest BCUT2D eigenvalue weighted by Crippen LogP contribution is 2.39. The van der Waals surface area contributed by atoms with Crippen molar-refractivity contribution >= 4 is 33.5 Å². The maximum Gasteiger partial charge on any atom is 0.342 e. The van der Waals surface area contributed by atoms with Crippen LogP contribution in [0.3, 0.4) is 0 Å². The fourth-order valence-corrected chi connectivity index (χ4v) is 2.59. The van der Waals surface area contributed by atoms with E-state index in [2.05, 4.69) is 21.2 Å². The number of halogens is 1. The highest BCUT2D eigenvalue weighted by molar-refractivity contribution is 9.10. The van der Waals surface area contributed by atoms with Gasteiger partial charge in [-0.1, -0.05) is 15.9 Å². The van der Waals surface area contributed by atoms with Gasteiger partial charge in [0.15, 0.2) is 18.1 Å². The molecule has 2 aromatic carbocycles. The summed E-state index contributed by atoms with van der Waals surface area (Å²) < 4.78 is 21.2. The van der Waals surface area contributed by atoms with Gasteiger partial charge in [0, 0.05) is 22.3 Å². The Morgan fingerprint density at radius 3 is 2.22 bits per heavy atom. The van der Waals surface area contributed by atoms with Crippen LogP contribution in [0.15, 0.2) is 34.8 Å². The summed E-state index contributed by atoms with van der Waals surface area (Å²) in [4.78, 5) is 24.1.